The van der Waals surface area contributed by atoms with Gasteiger partial charge in [0.05, 0.1) is 9.95 Å². The highest BCUT2D eigenvalue weighted by molar-refractivity contribution is 9.10. The molecule has 5 nitrogen and oxygen atoms in total. The lowest BCUT2D eigenvalue weighted by molar-refractivity contribution is -0.384. The molecule has 104 valence electrons. The minimum Gasteiger partial charge on any atom is -0.506 e. The second-order valence-corrected chi connectivity index (χ2v) is 5.38. The Morgan fingerprint density at radius 1 is 1.30 bits per heavy atom. The Bertz CT molecular complexity index is 664. The first-order valence-electron chi connectivity index (χ1n) is 5.62. The van der Waals surface area contributed by atoms with E-state index in [4.69, 9.17) is 11.6 Å². The van der Waals surface area contributed by atoms with E-state index in [0.29, 0.717) is 16.7 Å². The van der Waals surface area contributed by atoms with Crippen molar-refractivity contribution in [3.8, 4) is 5.75 Å². The van der Waals surface area contributed by atoms with E-state index in [9.17, 15) is 15.2 Å². The molecule has 0 heterocycles. The molecule has 0 bridgehead atoms. The van der Waals surface area contributed by atoms with Crippen molar-refractivity contribution in [2.75, 3.05) is 5.32 Å². The molecule has 2 aromatic rings. The third-order valence-electron chi connectivity index (χ3n) is 2.65. The molecule has 0 aliphatic rings. The second-order valence-electron chi connectivity index (χ2n) is 4.06. The van der Waals surface area contributed by atoms with E-state index in [0.717, 1.165) is 5.56 Å². The Morgan fingerprint density at radius 3 is 2.70 bits per heavy atom. The fraction of sp³-hybridized carbons (Fsp3) is 0.0769. The number of nitro benzene ring substituents is 1. The van der Waals surface area contributed by atoms with Crippen molar-refractivity contribution in [1.82, 2.24) is 0 Å². The first-order chi connectivity index (χ1) is 9.47. The molecule has 2 aromatic carbocycles. The van der Waals surface area contributed by atoms with Gasteiger partial charge < -0.3 is 10.4 Å². The number of phenols is 1. The maximum Gasteiger partial charge on any atom is 0.293 e. The Kier molecular flexibility index (Phi) is 4.46. The van der Waals surface area contributed by atoms with Crippen LogP contribution in [-0.4, -0.2) is 10.0 Å². The molecule has 0 aliphatic heterocycles. The minimum atomic E-state index is -0.448. The molecule has 0 saturated carbocycles. The molecule has 0 aliphatic carbocycles. The summed E-state index contributed by atoms with van der Waals surface area (Å²) in [5.41, 5.74) is 1.22. The van der Waals surface area contributed by atoms with Gasteiger partial charge in [0.2, 0.25) is 0 Å². The van der Waals surface area contributed by atoms with Crippen LogP contribution in [0.4, 0.5) is 11.4 Å². The van der Waals surface area contributed by atoms with Gasteiger partial charge in [-0.05, 0) is 29.8 Å². The van der Waals surface area contributed by atoms with Crippen molar-refractivity contribution in [3.63, 3.8) is 0 Å². The molecule has 2 N–H and O–H groups in total. The molecule has 7 heteroatoms. The Labute approximate surface area is 128 Å². The summed E-state index contributed by atoms with van der Waals surface area (Å²) in [6.07, 6.45) is 0. The van der Waals surface area contributed by atoms with Gasteiger partial charge in [-0.15, -0.1) is 0 Å². The summed E-state index contributed by atoms with van der Waals surface area (Å²) < 4.78 is 0.641. The zero-order valence-corrected chi connectivity index (χ0v) is 12.5. The standard InChI is InChI=1S/C13H10BrClN2O3/c14-9-2-3-11(12(6-9)17(19)20)16-7-8-1-4-13(18)10(15)5-8/h1-6,16,18H,7H2. The van der Waals surface area contributed by atoms with Gasteiger partial charge in [0, 0.05) is 17.1 Å². The fourth-order valence-corrected chi connectivity index (χ4v) is 2.22. The van der Waals surface area contributed by atoms with E-state index in [1.54, 1.807) is 24.3 Å². The number of nitrogens with zero attached hydrogens (tertiary/aromatic N) is 1. The van der Waals surface area contributed by atoms with E-state index >= 15 is 0 Å². The lowest BCUT2D eigenvalue weighted by Crippen LogP contribution is -2.02. The van der Waals surface area contributed by atoms with Crippen LogP contribution in [0.5, 0.6) is 5.75 Å². The van der Waals surface area contributed by atoms with Crippen molar-refractivity contribution in [3.05, 3.63) is 61.6 Å². The smallest absolute Gasteiger partial charge is 0.293 e. The number of hydrogen-bond donors (Lipinski definition) is 2. The maximum atomic E-state index is 11.0. The maximum absolute atomic E-state index is 11.0. The van der Waals surface area contributed by atoms with Crippen LogP contribution in [-0.2, 0) is 6.54 Å². The summed E-state index contributed by atoms with van der Waals surface area (Å²) in [6.45, 7) is 0.364. The molecule has 0 spiro atoms. The third-order valence-corrected chi connectivity index (χ3v) is 3.45. The van der Waals surface area contributed by atoms with Crippen molar-refractivity contribution < 1.29 is 10.0 Å². The zero-order chi connectivity index (χ0) is 14.7. The second kappa shape index (κ2) is 6.11. The van der Waals surface area contributed by atoms with Crippen LogP contribution in [0.2, 0.25) is 5.02 Å². The quantitative estimate of drug-likeness (QED) is 0.631. The number of phenolic OH excluding ortho intramolecular Hbond substituents is 1. The monoisotopic (exact) mass is 356 g/mol. The van der Waals surface area contributed by atoms with E-state index < -0.39 is 4.92 Å². The normalized spacial score (nSPS) is 10.3. The molecule has 0 aromatic heterocycles. The molecule has 0 unspecified atom stereocenters. The van der Waals surface area contributed by atoms with Crippen LogP contribution in [0.15, 0.2) is 40.9 Å². The zero-order valence-electron chi connectivity index (χ0n) is 10.1. The highest BCUT2D eigenvalue weighted by Gasteiger charge is 2.13. The van der Waals surface area contributed by atoms with Gasteiger partial charge in [0.1, 0.15) is 11.4 Å². The van der Waals surface area contributed by atoms with E-state index in [2.05, 4.69) is 21.2 Å². The van der Waals surface area contributed by atoms with Gasteiger partial charge in [0.25, 0.3) is 5.69 Å². The molecular weight excluding hydrogens is 348 g/mol. The lowest BCUT2D eigenvalue weighted by Gasteiger charge is -2.08. The number of anilines is 1. The minimum absolute atomic E-state index is 0.00467. The first kappa shape index (κ1) is 14.6. The number of nitrogens with one attached hydrogen (secondary N) is 1. The average Bonchev–Trinajstić information content (AvgIpc) is 2.41. The predicted octanol–water partition coefficient (Wildman–Crippen LogP) is 4.33. The summed E-state index contributed by atoms with van der Waals surface area (Å²) in [7, 11) is 0. The summed E-state index contributed by atoms with van der Waals surface area (Å²) in [5.74, 6) is 0.00467. The molecule has 0 fully saturated rings. The van der Waals surface area contributed by atoms with Crippen LogP contribution < -0.4 is 5.32 Å². The third kappa shape index (κ3) is 3.40. The summed E-state index contributed by atoms with van der Waals surface area (Å²) in [5, 5.41) is 23.5. The molecule has 0 saturated heterocycles. The number of benzene rings is 2. The van der Waals surface area contributed by atoms with Crippen molar-refractivity contribution >= 4 is 38.9 Å². The van der Waals surface area contributed by atoms with E-state index in [-0.39, 0.29) is 16.5 Å². The van der Waals surface area contributed by atoms with Crippen molar-refractivity contribution in [1.29, 1.82) is 0 Å². The SMILES string of the molecule is O=[N+]([O-])c1cc(Br)ccc1NCc1ccc(O)c(Cl)c1. The Hall–Kier alpha value is -1.79. The first-order valence-corrected chi connectivity index (χ1v) is 6.79. The summed E-state index contributed by atoms with van der Waals surface area (Å²) >= 11 is 9.01. The topological polar surface area (TPSA) is 75.4 Å². The highest BCUT2D eigenvalue weighted by Crippen LogP contribution is 2.29. The number of halogens is 2. The lowest BCUT2D eigenvalue weighted by atomic mass is 10.2. The molecule has 0 atom stereocenters. The van der Waals surface area contributed by atoms with Gasteiger partial charge in [0.15, 0.2) is 0 Å². The van der Waals surface area contributed by atoms with Gasteiger partial charge >= 0.3 is 0 Å². The summed E-state index contributed by atoms with van der Waals surface area (Å²) in [6, 6.07) is 9.57. The van der Waals surface area contributed by atoms with Gasteiger partial charge in [-0.25, -0.2) is 0 Å². The summed E-state index contributed by atoms with van der Waals surface area (Å²) in [4.78, 5) is 10.5. The Balaban J connectivity index is 2.18. The number of rotatable bonds is 4. The Morgan fingerprint density at radius 2 is 2.05 bits per heavy atom. The van der Waals surface area contributed by atoms with E-state index in [1.807, 2.05) is 0 Å². The largest absolute Gasteiger partial charge is 0.506 e. The van der Waals surface area contributed by atoms with Crippen LogP contribution in [0.3, 0.4) is 0 Å². The van der Waals surface area contributed by atoms with Crippen LogP contribution >= 0.6 is 27.5 Å². The molecule has 0 radical (unpaired) electrons. The van der Waals surface area contributed by atoms with Gasteiger partial charge in [-0.3, -0.25) is 10.1 Å². The highest BCUT2D eigenvalue weighted by atomic mass is 79.9. The van der Waals surface area contributed by atoms with E-state index in [1.165, 1.54) is 12.1 Å². The fourth-order valence-electron chi connectivity index (χ4n) is 1.66. The van der Waals surface area contributed by atoms with Crippen LogP contribution in [0.1, 0.15) is 5.56 Å². The molecule has 2 rings (SSSR count). The van der Waals surface area contributed by atoms with Gasteiger partial charge in [-0.1, -0.05) is 33.6 Å². The predicted molar refractivity (Wildman–Crippen MR) is 81.2 cm³/mol. The van der Waals surface area contributed by atoms with Crippen molar-refractivity contribution in [2.45, 2.75) is 6.54 Å². The van der Waals surface area contributed by atoms with Crippen molar-refractivity contribution in [2.24, 2.45) is 0 Å². The van der Waals surface area contributed by atoms with Gasteiger partial charge in [-0.2, -0.15) is 0 Å². The molecule has 20 heavy (non-hydrogen) atoms. The number of aromatic hydroxyl groups is 1. The molecular formula is C13H10BrClN2O3. The van der Waals surface area contributed by atoms with Crippen LogP contribution in [0, 0.1) is 10.1 Å². The van der Waals surface area contributed by atoms with Crippen LogP contribution in [0.25, 0.3) is 0 Å². The average molecular weight is 358 g/mol. The number of nitro groups is 1. The molecule has 0 amide bonds. The number of hydrogen-bond acceptors (Lipinski definition) is 4.